The highest BCUT2D eigenvalue weighted by molar-refractivity contribution is 6.16. The molecule has 128 valence electrons. The van der Waals surface area contributed by atoms with Gasteiger partial charge in [0, 0.05) is 11.9 Å². The summed E-state index contributed by atoms with van der Waals surface area (Å²) in [5.41, 5.74) is 2.79. The highest BCUT2D eigenvalue weighted by Crippen LogP contribution is 2.51. The molecule has 2 heterocycles. The molecule has 0 aliphatic carbocycles. The number of carbonyl (C=O) groups excluding carboxylic acids is 2. The van der Waals surface area contributed by atoms with Gasteiger partial charge in [-0.2, -0.15) is 13.2 Å². The van der Waals surface area contributed by atoms with Gasteiger partial charge in [-0.15, -0.1) is 0 Å². The fraction of sp³-hybridized carbons (Fsp3) is 0.500. The number of primary amides is 1. The van der Waals surface area contributed by atoms with Crippen molar-refractivity contribution >= 4 is 33.8 Å². The minimum Gasteiger partial charge on any atom is -0.364 e. The zero-order valence-electron chi connectivity index (χ0n) is 12.9. The first kappa shape index (κ1) is 18.7. The van der Waals surface area contributed by atoms with E-state index in [0.29, 0.717) is 0 Å². The minimum atomic E-state index is -4.61. The number of carbonyl (C=O) groups is 2. The van der Waals surface area contributed by atoms with Gasteiger partial charge in [0.2, 0.25) is 0 Å². The number of hydrogen-bond acceptors (Lipinski definition) is 4. The SMILES string of the molecule is CC1[CH]([Al])[C@@H](C(=O)Nc2ccnc(C(N)=O)c2)O[C@]1(C)C(F)(F)F. The molecule has 24 heavy (non-hydrogen) atoms. The zero-order valence-corrected chi connectivity index (χ0v) is 14.1. The first-order valence-electron chi connectivity index (χ1n) is 7.04. The minimum absolute atomic E-state index is 0.0731. The molecule has 0 bridgehead atoms. The molecule has 2 rings (SSSR count). The van der Waals surface area contributed by atoms with Crippen molar-refractivity contribution in [2.45, 2.75) is 36.5 Å². The Bertz CT molecular complexity index is 670. The topological polar surface area (TPSA) is 94.3 Å². The van der Waals surface area contributed by atoms with Crippen LogP contribution in [-0.4, -0.2) is 51.0 Å². The van der Waals surface area contributed by atoms with E-state index in [9.17, 15) is 22.8 Å². The summed E-state index contributed by atoms with van der Waals surface area (Å²) in [4.78, 5) is 27.1. The first-order valence-corrected chi connectivity index (χ1v) is 7.71. The van der Waals surface area contributed by atoms with E-state index in [4.69, 9.17) is 10.5 Å². The van der Waals surface area contributed by atoms with Crippen LogP contribution in [0.3, 0.4) is 0 Å². The lowest BCUT2D eigenvalue weighted by Gasteiger charge is -2.31. The van der Waals surface area contributed by atoms with Crippen molar-refractivity contribution in [3.05, 3.63) is 24.0 Å². The summed E-state index contributed by atoms with van der Waals surface area (Å²) in [6.45, 7) is 2.32. The van der Waals surface area contributed by atoms with Crippen molar-refractivity contribution in [2.75, 3.05) is 5.32 Å². The number of ether oxygens (including phenoxy) is 1. The van der Waals surface area contributed by atoms with Crippen LogP contribution < -0.4 is 11.1 Å². The fourth-order valence-corrected chi connectivity index (χ4v) is 3.11. The van der Waals surface area contributed by atoms with Gasteiger partial charge in [-0.05, 0) is 25.0 Å². The maximum Gasteiger partial charge on any atom is 0.417 e. The number of amides is 2. The average molecular weight is 357 g/mol. The summed E-state index contributed by atoms with van der Waals surface area (Å²) in [6.07, 6.45) is -4.65. The molecule has 2 radical (unpaired) electrons. The van der Waals surface area contributed by atoms with Gasteiger partial charge in [0.1, 0.15) is 28.1 Å². The standard InChI is InChI=1S/C14H15F3N3O3.Al/c1-7-5-10(23-13(7,2)14(15,16)17)12(22)20-8-3-4-19-9(6-8)11(18)21;/h3-7,10H,1-2H3,(H2,18,21)(H,19,20,22);/t7?,10-,13-;/m0./s1. The number of anilines is 1. The third-order valence-electron chi connectivity index (χ3n) is 4.27. The Labute approximate surface area is 144 Å². The lowest BCUT2D eigenvalue weighted by molar-refractivity contribution is -0.272. The van der Waals surface area contributed by atoms with Crippen molar-refractivity contribution in [2.24, 2.45) is 11.7 Å². The largest absolute Gasteiger partial charge is 0.417 e. The molecule has 10 heteroatoms. The number of nitrogens with one attached hydrogen (secondary N) is 1. The number of rotatable bonds is 3. The van der Waals surface area contributed by atoms with Gasteiger partial charge < -0.3 is 15.8 Å². The van der Waals surface area contributed by atoms with E-state index in [2.05, 4.69) is 26.6 Å². The molecule has 0 saturated carbocycles. The highest BCUT2D eigenvalue weighted by atomic mass is 27.0. The number of nitrogens with zero attached hydrogens (tertiary/aromatic N) is 1. The summed E-state index contributed by atoms with van der Waals surface area (Å²) >= 11 is 2.24. The Kier molecular flexibility index (Phi) is 4.95. The Hall–Kier alpha value is -1.63. The van der Waals surface area contributed by atoms with E-state index in [1.807, 2.05) is 0 Å². The normalized spacial score (nSPS) is 30.1. The number of aromatic nitrogens is 1. The van der Waals surface area contributed by atoms with Crippen molar-refractivity contribution in [3.63, 3.8) is 0 Å². The molecule has 1 aliphatic rings. The summed E-state index contributed by atoms with van der Waals surface area (Å²) in [5.74, 6) is -2.46. The molecule has 1 aromatic heterocycles. The van der Waals surface area contributed by atoms with Crippen LogP contribution in [0.4, 0.5) is 18.9 Å². The number of pyridine rings is 1. The Balaban J connectivity index is 2.19. The van der Waals surface area contributed by atoms with Crippen LogP contribution in [0, 0.1) is 5.92 Å². The maximum absolute atomic E-state index is 13.2. The van der Waals surface area contributed by atoms with Gasteiger partial charge >= 0.3 is 6.18 Å². The molecule has 1 aliphatic heterocycles. The van der Waals surface area contributed by atoms with Gasteiger partial charge in [-0.25, -0.2) is 0 Å². The molecule has 6 nitrogen and oxygen atoms in total. The molecule has 1 aromatic rings. The smallest absolute Gasteiger partial charge is 0.364 e. The molecule has 4 atom stereocenters. The molecule has 0 aromatic carbocycles. The van der Waals surface area contributed by atoms with Crippen molar-refractivity contribution in [1.82, 2.24) is 4.98 Å². The highest BCUT2D eigenvalue weighted by Gasteiger charge is 2.63. The maximum atomic E-state index is 13.2. The molecule has 3 N–H and O–H groups in total. The molecule has 2 unspecified atom stereocenters. The number of halogens is 3. The second-order valence-corrected chi connectivity index (χ2v) is 6.56. The van der Waals surface area contributed by atoms with Gasteiger partial charge in [0.15, 0.2) is 5.60 Å². The second kappa shape index (κ2) is 6.35. The van der Waals surface area contributed by atoms with Crippen molar-refractivity contribution in [1.29, 1.82) is 0 Å². The van der Waals surface area contributed by atoms with E-state index in [0.717, 1.165) is 6.92 Å². The Morgan fingerprint density at radius 1 is 1.46 bits per heavy atom. The van der Waals surface area contributed by atoms with Gasteiger partial charge in [0.25, 0.3) is 11.8 Å². The summed E-state index contributed by atoms with van der Waals surface area (Å²) < 4.78 is 44.1. The van der Waals surface area contributed by atoms with E-state index < -0.39 is 40.4 Å². The lowest BCUT2D eigenvalue weighted by Crippen LogP contribution is -2.47. The Morgan fingerprint density at radius 2 is 2.08 bits per heavy atom. The van der Waals surface area contributed by atoms with Crippen LogP contribution in [0.2, 0.25) is 4.78 Å². The lowest BCUT2D eigenvalue weighted by atomic mass is 9.88. The first-order chi connectivity index (χ1) is 11.0. The van der Waals surface area contributed by atoms with Crippen molar-refractivity contribution < 1.29 is 27.5 Å². The van der Waals surface area contributed by atoms with Gasteiger partial charge in [-0.1, -0.05) is 11.7 Å². The monoisotopic (exact) mass is 357 g/mol. The van der Waals surface area contributed by atoms with Crippen molar-refractivity contribution in [3.8, 4) is 0 Å². The third kappa shape index (κ3) is 3.27. The third-order valence-corrected chi connectivity index (χ3v) is 5.20. The summed E-state index contributed by atoms with van der Waals surface area (Å²) in [6, 6.07) is 2.63. The van der Waals surface area contributed by atoms with E-state index in [1.165, 1.54) is 25.3 Å². The fourth-order valence-electron chi connectivity index (χ4n) is 2.49. The molecule has 1 fully saturated rings. The second-order valence-electron chi connectivity index (χ2n) is 5.79. The number of hydrogen-bond donors (Lipinski definition) is 2. The quantitative estimate of drug-likeness (QED) is 0.801. The number of alkyl halides is 3. The molecular weight excluding hydrogens is 342 g/mol. The van der Waals surface area contributed by atoms with Crippen LogP contribution in [0.1, 0.15) is 24.3 Å². The van der Waals surface area contributed by atoms with E-state index in [1.54, 1.807) is 0 Å². The molecule has 2 amide bonds. The predicted molar refractivity (Wildman–Crippen MR) is 79.4 cm³/mol. The van der Waals surface area contributed by atoms with E-state index >= 15 is 0 Å². The van der Waals surface area contributed by atoms with Crippen LogP contribution in [-0.2, 0) is 9.53 Å². The van der Waals surface area contributed by atoms with Crippen LogP contribution in [0.25, 0.3) is 0 Å². The summed E-state index contributed by atoms with van der Waals surface area (Å²) in [7, 11) is 0. The Morgan fingerprint density at radius 3 is 2.58 bits per heavy atom. The van der Waals surface area contributed by atoms with Crippen LogP contribution >= 0.6 is 0 Å². The molecule has 0 spiro atoms. The average Bonchev–Trinajstić information content (AvgIpc) is 2.72. The van der Waals surface area contributed by atoms with Gasteiger partial charge in [-0.3, -0.25) is 14.6 Å². The predicted octanol–water partition coefficient (Wildman–Crippen LogP) is 1.43. The molecule has 1 saturated heterocycles. The van der Waals surface area contributed by atoms with Gasteiger partial charge in [0.05, 0.1) is 0 Å². The van der Waals surface area contributed by atoms with E-state index in [-0.39, 0.29) is 11.4 Å². The summed E-state index contributed by atoms with van der Waals surface area (Å²) in [5, 5.41) is 2.43. The zero-order chi connectivity index (χ0) is 18.3. The van der Waals surface area contributed by atoms with Crippen LogP contribution in [0.15, 0.2) is 18.3 Å². The van der Waals surface area contributed by atoms with Crippen LogP contribution in [0.5, 0.6) is 0 Å². The molecular formula is C14H15AlF3N3O3. The number of nitrogens with two attached hydrogens (primary N) is 1.